The first-order valence-corrected chi connectivity index (χ1v) is 10.4. The van der Waals surface area contributed by atoms with Gasteiger partial charge >= 0.3 is 0 Å². The summed E-state index contributed by atoms with van der Waals surface area (Å²) in [6.07, 6.45) is 1.66. The van der Waals surface area contributed by atoms with E-state index >= 15 is 0 Å². The molecule has 3 aromatic rings. The first-order chi connectivity index (χ1) is 15.0. The van der Waals surface area contributed by atoms with Gasteiger partial charge in [-0.05, 0) is 41.6 Å². The van der Waals surface area contributed by atoms with Crippen molar-refractivity contribution in [2.75, 3.05) is 6.61 Å². The van der Waals surface area contributed by atoms with Gasteiger partial charge in [-0.3, -0.25) is 24.6 Å². The lowest BCUT2D eigenvalue weighted by Crippen LogP contribution is -2.27. The van der Waals surface area contributed by atoms with E-state index in [1.165, 1.54) is 6.07 Å². The Hall–Kier alpha value is -3.65. The minimum Gasteiger partial charge on any atom is -0.493 e. The van der Waals surface area contributed by atoms with Crippen molar-refractivity contribution in [1.82, 2.24) is 4.90 Å². The summed E-state index contributed by atoms with van der Waals surface area (Å²) in [5.41, 5.74) is 0.894. The van der Waals surface area contributed by atoms with Crippen LogP contribution in [-0.2, 0) is 11.3 Å². The number of nitro benzene ring substituents is 1. The molecule has 2 amide bonds. The van der Waals surface area contributed by atoms with Crippen molar-refractivity contribution in [1.29, 1.82) is 0 Å². The fraction of sp³-hybridized carbons (Fsp3) is 0.130. The molecule has 8 heteroatoms. The zero-order valence-electron chi connectivity index (χ0n) is 16.6. The lowest BCUT2D eigenvalue weighted by Gasteiger charge is -2.13. The number of para-hydroxylation sites is 1. The minimum absolute atomic E-state index is 0.127. The van der Waals surface area contributed by atoms with Crippen LogP contribution in [0, 0.1) is 10.1 Å². The zero-order chi connectivity index (χ0) is 22.0. The van der Waals surface area contributed by atoms with Gasteiger partial charge in [0.25, 0.3) is 16.8 Å². The predicted molar refractivity (Wildman–Crippen MR) is 120 cm³/mol. The summed E-state index contributed by atoms with van der Waals surface area (Å²) in [6.45, 7) is 2.17. The summed E-state index contributed by atoms with van der Waals surface area (Å²) in [5.74, 6) is 0.134. The van der Waals surface area contributed by atoms with Crippen molar-refractivity contribution in [3.8, 4) is 5.75 Å². The standard InChI is InChI=1S/C23H18N2O5S/c1-2-30-20-12-11-15-7-3-5-9-17(15)18(20)13-21-22(26)24(23(27)31-21)14-16-8-4-6-10-19(16)25(28)29/h3-13H,2,14H2,1H3/b21-13-. The van der Waals surface area contributed by atoms with E-state index in [1.54, 1.807) is 24.3 Å². The van der Waals surface area contributed by atoms with Crippen molar-refractivity contribution in [3.63, 3.8) is 0 Å². The van der Waals surface area contributed by atoms with Gasteiger partial charge in [-0.25, -0.2) is 0 Å². The van der Waals surface area contributed by atoms with E-state index < -0.39 is 16.1 Å². The van der Waals surface area contributed by atoms with Gasteiger partial charge in [-0.1, -0.05) is 48.5 Å². The van der Waals surface area contributed by atoms with Crippen LogP contribution in [0.3, 0.4) is 0 Å². The average Bonchev–Trinajstić information content (AvgIpc) is 3.03. The summed E-state index contributed by atoms with van der Waals surface area (Å²) < 4.78 is 5.74. The van der Waals surface area contributed by atoms with Crippen LogP contribution >= 0.6 is 11.8 Å². The van der Waals surface area contributed by atoms with Gasteiger partial charge in [0.1, 0.15) is 5.75 Å². The van der Waals surface area contributed by atoms with Crippen LogP contribution in [0.4, 0.5) is 10.5 Å². The van der Waals surface area contributed by atoms with Gasteiger partial charge in [0.05, 0.1) is 23.0 Å². The molecule has 156 valence electrons. The third-order valence-electron chi connectivity index (χ3n) is 4.90. The number of thioether (sulfide) groups is 1. The zero-order valence-corrected chi connectivity index (χ0v) is 17.4. The molecule has 7 nitrogen and oxygen atoms in total. The lowest BCUT2D eigenvalue weighted by atomic mass is 10.0. The second kappa shape index (κ2) is 8.61. The summed E-state index contributed by atoms with van der Waals surface area (Å²) in [7, 11) is 0. The average molecular weight is 434 g/mol. The van der Waals surface area contributed by atoms with Crippen LogP contribution in [0.1, 0.15) is 18.1 Å². The molecule has 31 heavy (non-hydrogen) atoms. The number of hydrogen-bond acceptors (Lipinski definition) is 6. The van der Waals surface area contributed by atoms with Gasteiger partial charge in [-0.2, -0.15) is 0 Å². The third-order valence-corrected chi connectivity index (χ3v) is 5.80. The van der Waals surface area contributed by atoms with E-state index in [-0.39, 0.29) is 17.1 Å². The van der Waals surface area contributed by atoms with Crippen molar-refractivity contribution in [3.05, 3.63) is 86.8 Å². The second-order valence-electron chi connectivity index (χ2n) is 6.79. The van der Waals surface area contributed by atoms with E-state index in [1.807, 2.05) is 43.3 Å². The maximum absolute atomic E-state index is 13.0. The molecule has 0 spiro atoms. The monoisotopic (exact) mass is 434 g/mol. The molecule has 0 bridgehead atoms. The Bertz CT molecular complexity index is 1240. The highest BCUT2D eigenvalue weighted by molar-refractivity contribution is 8.18. The van der Waals surface area contributed by atoms with E-state index in [0.717, 1.165) is 33.0 Å². The van der Waals surface area contributed by atoms with Gasteiger partial charge in [-0.15, -0.1) is 0 Å². The Morgan fingerprint density at radius 3 is 2.58 bits per heavy atom. The van der Waals surface area contributed by atoms with Crippen LogP contribution in [0.2, 0.25) is 0 Å². The molecular formula is C23H18N2O5S. The van der Waals surface area contributed by atoms with Crippen molar-refractivity contribution in [2.24, 2.45) is 0 Å². The third kappa shape index (κ3) is 4.02. The Morgan fingerprint density at radius 2 is 1.81 bits per heavy atom. The Kier molecular flexibility index (Phi) is 5.73. The normalized spacial score (nSPS) is 15.1. The molecule has 0 aliphatic carbocycles. The number of amides is 2. The van der Waals surface area contributed by atoms with Crippen molar-refractivity contribution < 1.29 is 19.2 Å². The van der Waals surface area contributed by atoms with E-state index in [9.17, 15) is 19.7 Å². The molecule has 0 radical (unpaired) electrons. The van der Waals surface area contributed by atoms with Crippen molar-refractivity contribution in [2.45, 2.75) is 13.5 Å². The topological polar surface area (TPSA) is 89.8 Å². The van der Waals surface area contributed by atoms with Crippen LogP contribution in [0.5, 0.6) is 5.75 Å². The number of imide groups is 1. The maximum Gasteiger partial charge on any atom is 0.293 e. The molecule has 1 saturated heterocycles. The summed E-state index contributed by atoms with van der Waals surface area (Å²) in [6, 6.07) is 17.6. The highest BCUT2D eigenvalue weighted by atomic mass is 32.2. The van der Waals surface area contributed by atoms with Crippen LogP contribution in [-0.4, -0.2) is 27.6 Å². The highest BCUT2D eigenvalue weighted by Gasteiger charge is 2.36. The van der Waals surface area contributed by atoms with Gasteiger partial charge in [0.15, 0.2) is 0 Å². The molecule has 1 heterocycles. The number of rotatable bonds is 6. The first kappa shape index (κ1) is 20.6. The number of carbonyl (C=O) groups excluding carboxylic acids is 2. The van der Waals surface area contributed by atoms with E-state index in [0.29, 0.717) is 17.9 Å². The largest absolute Gasteiger partial charge is 0.493 e. The quantitative estimate of drug-likeness (QED) is 0.294. The fourth-order valence-corrected chi connectivity index (χ4v) is 4.29. The van der Waals surface area contributed by atoms with Crippen LogP contribution < -0.4 is 4.74 Å². The lowest BCUT2D eigenvalue weighted by molar-refractivity contribution is -0.385. The number of fused-ring (bicyclic) bond motifs is 1. The summed E-state index contributed by atoms with van der Waals surface area (Å²) >= 11 is 0.819. The number of carbonyl (C=O) groups is 2. The second-order valence-corrected chi connectivity index (χ2v) is 7.78. The van der Waals surface area contributed by atoms with Gasteiger partial charge < -0.3 is 4.74 Å². The fourth-order valence-electron chi connectivity index (χ4n) is 3.47. The smallest absolute Gasteiger partial charge is 0.293 e. The van der Waals surface area contributed by atoms with Gasteiger partial charge in [0.2, 0.25) is 0 Å². The summed E-state index contributed by atoms with van der Waals surface area (Å²) in [5, 5.41) is 12.7. The summed E-state index contributed by atoms with van der Waals surface area (Å²) in [4.78, 5) is 37.6. The first-order valence-electron chi connectivity index (χ1n) is 9.61. The molecule has 0 atom stereocenters. The number of nitro groups is 1. The van der Waals surface area contributed by atoms with Gasteiger partial charge in [0, 0.05) is 17.2 Å². The van der Waals surface area contributed by atoms with E-state index in [4.69, 9.17) is 4.74 Å². The molecule has 0 aromatic heterocycles. The molecule has 0 saturated carbocycles. The van der Waals surface area contributed by atoms with Crippen molar-refractivity contribution >= 4 is 45.4 Å². The van der Waals surface area contributed by atoms with Crippen LogP contribution in [0.15, 0.2) is 65.6 Å². The molecule has 0 N–H and O–H groups in total. The SMILES string of the molecule is CCOc1ccc2ccccc2c1/C=C1\SC(=O)N(Cc2ccccc2[N+](=O)[O-])C1=O. The molecule has 0 unspecified atom stereocenters. The Balaban J connectivity index is 1.72. The molecule has 1 aliphatic rings. The number of hydrogen-bond donors (Lipinski definition) is 0. The maximum atomic E-state index is 13.0. The van der Waals surface area contributed by atoms with Crippen LogP contribution in [0.25, 0.3) is 16.8 Å². The number of benzene rings is 3. The minimum atomic E-state index is -0.519. The molecular weight excluding hydrogens is 416 g/mol. The predicted octanol–water partition coefficient (Wildman–Crippen LogP) is 5.38. The Labute approximate surface area is 182 Å². The molecule has 1 fully saturated rings. The highest BCUT2D eigenvalue weighted by Crippen LogP contribution is 2.38. The number of ether oxygens (including phenoxy) is 1. The molecule has 4 rings (SSSR count). The number of nitrogens with zero attached hydrogens (tertiary/aromatic N) is 2. The molecule has 1 aliphatic heterocycles. The Morgan fingerprint density at radius 1 is 1.06 bits per heavy atom. The van der Waals surface area contributed by atoms with E-state index in [2.05, 4.69) is 0 Å². The molecule has 3 aromatic carbocycles.